The SMILES string of the molecule is CCOC(=O)c1cnn2c(C)c(C3=CCN(C(=O)OC(C)(C)C)CC3)ccc12. The fourth-order valence-corrected chi connectivity index (χ4v) is 3.29. The van der Waals surface area contributed by atoms with Crippen LogP contribution in [0.15, 0.2) is 24.4 Å². The number of aryl methyl sites for hydroxylation is 1. The second kappa shape index (κ2) is 7.66. The first-order chi connectivity index (χ1) is 13.2. The van der Waals surface area contributed by atoms with Crippen LogP contribution in [0.5, 0.6) is 0 Å². The molecule has 150 valence electrons. The van der Waals surface area contributed by atoms with Crippen LogP contribution in [0.1, 0.15) is 55.7 Å². The minimum Gasteiger partial charge on any atom is -0.462 e. The zero-order valence-electron chi connectivity index (χ0n) is 17.1. The summed E-state index contributed by atoms with van der Waals surface area (Å²) in [7, 11) is 0. The van der Waals surface area contributed by atoms with Crippen LogP contribution in [0.2, 0.25) is 0 Å². The van der Waals surface area contributed by atoms with Gasteiger partial charge in [0.25, 0.3) is 0 Å². The van der Waals surface area contributed by atoms with E-state index in [9.17, 15) is 9.59 Å². The minimum atomic E-state index is -0.501. The average Bonchev–Trinajstić information content (AvgIpc) is 3.06. The van der Waals surface area contributed by atoms with E-state index in [2.05, 4.69) is 11.2 Å². The van der Waals surface area contributed by atoms with Gasteiger partial charge in [-0.25, -0.2) is 14.1 Å². The normalized spacial score (nSPS) is 14.8. The summed E-state index contributed by atoms with van der Waals surface area (Å²) in [6.07, 6.45) is 4.04. The Morgan fingerprint density at radius 1 is 1.25 bits per heavy atom. The Labute approximate surface area is 164 Å². The van der Waals surface area contributed by atoms with Gasteiger partial charge in [-0.2, -0.15) is 5.10 Å². The predicted octanol–water partition coefficient (Wildman–Crippen LogP) is 3.84. The van der Waals surface area contributed by atoms with Crippen molar-refractivity contribution in [1.29, 1.82) is 0 Å². The molecule has 0 unspecified atom stereocenters. The van der Waals surface area contributed by atoms with Crippen LogP contribution in [0.3, 0.4) is 0 Å². The maximum Gasteiger partial charge on any atom is 0.410 e. The van der Waals surface area contributed by atoms with Crippen LogP contribution >= 0.6 is 0 Å². The molecule has 0 saturated heterocycles. The number of carbonyl (C=O) groups is 2. The third-order valence-electron chi connectivity index (χ3n) is 4.62. The molecule has 7 nitrogen and oxygen atoms in total. The molecule has 28 heavy (non-hydrogen) atoms. The summed E-state index contributed by atoms with van der Waals surface area (Å²) in [6.45, 7) is 10.8. The van der Waals surface area contributed by atoms with Crippen LogP contribution in [0, 0.1) is 6.92 Å². The maximum atomic E-state index is 12.2. The molecule has 0 fully saturated rings. The fraction of sp³-hybridized carbons (Fsp3) is 0.476. The lowest BCUT2D eigenvalue weighted by molar-refractivity contribution is 0.0270. The average molecular weight is 385 g/mol. The third kappa shape index (κ3) is 4.03. The third-order valence-corrected chi connectivity index (χ3v) is 4.62. The minimum absolute atomic E-state index is 0.291. The van der Waals surface area contributed by atoms with Gasteiger partial charge < -0.3 is 14.4 Å². The largest absolute Gasteiger partial charge is 0.462 e. The second-order valence-electron chi connectivity index (χ2n) is 7.81. The number of aromatic nitrogens is 2. The molecule has 0 aromatic carbocycles. The van der Waals surface area contributed by atoms with Crippen LogP contribution in [-0.4, -0.2) is 51.9 Å². The Kier molecular flexibility index (Phi) is 5.45. The summed E-state index contributed by atoms with van der Waals surface area (Å²) >= 11 is 0. The fourth-order valence-electron chi connectivity index (χ4n) is 3.29. The van der Waals surface area contributed by atoms with Crippen molar-refractivity contribution >= 4 is 23.2 Å². The first-order valence-corrected chi connectivity index (χ1v) is 9.53. The standard InChI is InChI=1S/C21H27N3O4/c1-6-27-19(25)17-13-22-24-14(2)16(7-8-18(17)24)15-9-11-23(12-10-15)20(26)28-21(3,4)5/h7-9,13H,6,10-12H2,1-5H3. The van der Waals surface area contributed by atoms with Crippen molar-refractivity contribution in [3.05, 3.63) is 41.2 Å². The van der Waals surface area contributed by atoms with Gasteiger partial charge >= 0.3 is 12.1 Å². The monoisotopic (exact) mass is 385 g/mol. The van der Waals surface area contributed by atoms with E-state index in [0.717, 1.165) is 28.8 Å². The van der Waals surface area contributed by atoms with E-state index in [1.165, 1.54) is 0 Å². The molecule has 2 aromatic heterocycles. The van der Waals surface area contributed by atoms with Gasteiger partial charge in [-0.05, 0) is 58.2 Å². The van der Waals surface area contributed by atoms with Crippen molar-refractivity contribution in [2.45, 2.75) is 46.6 Å². The Balaban J connectivity index is 1.82. The number of pyridine rings is 1. The highest BCUT2D eigenvalue weighted by Gasteiger charge is 2.25. The lowest BCUT2D eigenvalue weighted by atomic mass is 9.98. The van der Waals surface area contributed by atoms with Gasteiger partial charge in [0.2, 0.25) is 0 Å². The number of rotatable bonds is 3. The number of nitrogens with zero attached hydrogens (tertiary/aromatic N) is 3. The molecule has 3 heterocycles. The van der Waals surface area contributed by atoms with Crippen molar-refractivity contribution in [3.63, 3.8) is 0 Å². The highest BCUT2D eigenvalue weighted by atomic mass is 16.6. The number of carbonyl (C=O) groups excluding carboxylic acids is 2. The molecule has 0 radical (unpaired) electrons. The van der Waals surface area contributed by atoms with Gasteiger partial charge in [0.15, 0.2) is 0 Å². The van der Waals surface area contributed by atoms with E-state index in [-0.39, 0.29) is 12.1 Å². The molecule has 0 atom stereocenters. The summed E-state index contributed by atoms with van der Waals surface area (Å²) in [6, 6.07) is 3.90. The molecule has 1 aliphatic rings. The molecule has 0 aliphatic carbocycles. The summed E-state index contributed by atoms with van der Waals surface area (Å²) in [5.74, 6) is -0.366. The Bertz CT molecular complexity index is 937. The topological polar surface area (TPSA) is 73.1 Å². The maximum absolute atomic E-state index is 12.2. The van der Waals surface area contributed by atoms with Crippen molar-refractivity contribution in [2.75, 3.05) is 19.7 Å². The van der Waals surface area contributed by atoms with Crippen LogP contribution in [0.4, 0.5) is 4.79 Å². The highest BCUT2D eigenvalue weighted by Crippen LogP contribution is 2.27. The Morgan fingerprint density at radius 2 is 2.00 bits per heavy atom. The van der Waals surface area contributed by atoms with Crippen molar-refractivity contribution in [3.8, 4) is 0 Å². The molecule has 1 amide bonds. The predicted molar refractivity (Wildman–Crippen MR) is 106 cm³/mol. The first kappa shape index (κ1) is 19.9. The molecular formula is C21H27N3O4. The molecule has 1 aliphatic heterocycles. The summed E-state index contributed by atoms with van der Waals surface area (Å²) < 4.78 is 12.3. The molecule has 0 bridgehead atoms. The Hall–Kier alpha value is -2.83. The molecule has 0 N–H and O–H groups in total. The summed E-state index contributed by atoms with van der Waals surface area (Å²) in [4.78, 5) is 26.0. The number of esters is 1. The quantitative estimate of drug-likeness (QED) is 0.751. The number of amides is 1. The Morgan fingerprint density at radius 3 is 2.61 bits per heavy atom. The summed E-state index contributed by atoms with van der Waals surface area (Å²) in [5, 5.41) is 4.36. The van der Waals surface area contributed by atoms with Crippen LogP contribution in [-0.2, 0) is 9.47 Å². The molecule has 3 rings (SSSR count). The van der Waals surface area contributed by atoms with E-state index >= 15 is 0 Å². The van der Waals surface area contributed by atoms with Gasteiger partial charge in [0.1, 0.15) is 11.2 Å². The number of ether oxygens (including phenoxy) is 2. The van der Waals surface area contributed by atoms with E-state index < -0.39 is 5.60 Å². The molecular weight excluding hydrogens is 358 g/mol. The van der Waals surface area contributed by atoms with E-state index in [1.54, 1.807) is 22.5 Å². The highest BCUT2D eigenvalue weighted by molar-refractivity contribution is 5.97. The molecule has 0 spiro atoms. The lowest BCUT2D eigenvalue weighted by Gasteiger charge is -2.30. The van der Waals surface area contributed by atoms with E-state index in [4.69, 9.17) is 9.47 Å². The van der Waals surface area contributed by atoms with Gasteiger partial charge in [0, 0.05) is 18.8 Å². The summed E-state index contributed by atoms with van der Waals surface area (Å²) in [5.41, 5.74) is 3.86. The van der Waals surface area contributed by atoms with Crippen molar-refractivity contribution in [2.24, 2.45) is 0 Å². The van der Waals surface area contributed by atoms with Gasteiger partial charge in [-0.1, -0.05) is 12.1 Å². The van der Waals surface area contributed by atoms with Gasteiger partial charge in [-0.3, -0.25) is 0 Å². The smallest absolute Gasteiger partial charge is 0.410 e. The van der Waals surface area contributed by atoms with Gasteiger partial charge in [0.05, 0.1) is 18.3 Å². The van der Waals surface area contributed by atoms with E-state index in [0.29, 0.717) is 25.3 Å². The van der Waals surface area contributed by atoms with Crippen LogP contribution in [0.25, 0.3) is 11.1 Å². The molecule has 2 aromatic rings. The number of fused-ring (bicyclic) bond motifs is 1. The second-order valence-corrected chi connectivity index (χ2v) is 7.81. The zero-order chi connectivity index (χ0) is 20.5. The molecule has 7 heteroatoms. The van der Waals surface area contributed by atoms with E-state index in [1.807, 2.05) is 39.8 Å². The van der Waals surface area contributed by atoms with Crippen LogP contribution < -0.4 is 0 Å². The van der Waals surface area contributed by atoms with Crippen molar-refractivity contribution in [1.82, 2.24) is 14.5 Å². The lowest BCUT2D eigenvalue weighted by Crippen LogP contribution is -2.39. The number of hydrogen-bond acceptors (Lipinski definition) is 5. The van der Waals surface area contributed by atoms with Crippen molar-refractivity contribution < 1.29 is 19.1 Å². The first-order valence-electron chi connectivity index (χ1n) is 9.53. The zero-order valence-corrected chi connectivity index (χ0v) is 17.1. The van der Waals surface area contributed by atoms with Gasteiger partial charge in [-0.15, -0.1) is 0 Å². The molecule has 0 saturated carbocycles. The number of hydrogen-bond donors (Lipinski definition) is 0.